The molecule has 0 bridgehead atoms. The summed E-state index contributed by atoms with van der Waals surface area (Å²) in [4.78, 5) is 18.0. The first-order valence-electron chi connectivity index (χ1n) is 11.0. The van der Waals surface area contributed by atoms with Crippen LogP contribution in [0, 0.1) is 5.41 Å². The van der Waals surface area contributed by atoms with Crippen LogP contribution in [0.1, 0.15) is 31.9 Å². The third-order valence-electron chi connectivity index (χ3n) is 6.39. The molecule has 0 atom stereocenters. The molecular weight excluding hydrogens is 414 g/mol. The number of nitrogens with zero attached hydrogens (tertiary/aromatic N) is 1. The van der Waals surface area contributed by atoms with Gasteiger partial charge in [0.15, 0.2) is 13.7 Å². The lowest BCUT2D eigenvalue weighted by atomic mass is 10.1. The zero-order valence-corrected chi connectivity index (χ0v) is 20.9. The van der Waals surface area contributed by atoms with Gasteiger partial charge in [0.25, 0.3) is 0 Å². The summed E-state index contributed by atoms with van der Waals surface area (Å²) in [6, 6.07) is 11.7. The minimum Gasteiger partial charge on any atom is -0.416 e. The van der Waals surface area contributed by atoms with Gasteiger partial charge in [0, 0.05) is 54.2 Å². The van der Waals surface area contributed by atoms with Gasteiger partial charge < -0.3 is 15.2 Å². The zero-order valence-electron chi connectivity index (χ0n) is 19.9. The van der Waals surface area contributed by atoms with Crippen LogP contribution >= 0.6 is 0 Å². The summed E-state index contributed by atoms with van der Waals surface area (Å²) >= 11 is 0. The molecule has 3 aromatic rings. The van der Waals surface area contributed by atoms with Gasteiger partial charge in [-0.3, -0.25) is 9.78 Å². The molecule has 2 aromatic carbocycles. The van der Waals surface area contributed by atoms with E-state index in [-0.39, 0.29) is 10.5 Å². The molecule has 0 aliphatic carbocycles. The van der Waals surface area contributed by atoms with Crippen molar-refractivity contribution in [3.8, 4) is 0 Å². The Morgan fingerprint density at radius 1 is 1.16 bits per heavy atom. The van der Waals surface area contributed by atoms with Crippen molar-refractivity contribution in [1.82, 2.24) is 10.3 Å². The lowest BCUT2D eigenvalue weighted by molar-refractivity contribution is 0.292. The molecule has 0 saturated carbocycles. The first-order valence-corrected chi connectivity index (χ1v) is 13.9. The molecule has 0 aliphatic rings. The van der Waals surface area contributed by atoms with E-state index < -0.39 is 8.32 Å². The van der Waals surface area contributed by atoms with Crippen LogP contribution in [-0.2, 0) is 10.8 Å². The van der Waals surface area contributed by atoms with Gasteiger partial charge in [-0.05, 0) is 53.7 Å². The van der Waals surface area contributed by atoms with E-state index in [1.165, 1.54) is 6.21 Å². The van der Waals surface area contributed by atoms with Crippen molar-refractivity contribution in [2.45, 2.75) is 45.3 Å². The highest BCUT2D eigenvalue weighted by atomic mass is 28.4. The topological polar surface area (TPSA) is 75.1 Å². The second-order valence-corrected chi connectivity index (χ2v) is 14.4. The molecule has 0 radical (unpaired) electrons. The minimum absolute atomic E-state index is 0.0460. The van der Waals surface area contributed by atoms with Gasteiger partial charge >= 0.3 is 0 Å². The summed E-state index contributed by atoms with van der Waals surface area (Å²) < 4.78 is 6.32. The standard InChI is InChI=1S/C26H33N3O2Si/c1-26(2,3)32(5,6)31-12-11-18-7-8-19-9-10-24-23(25(30)22(19)13-18)14-20(17-29-24)21(15-27)16-28-4/h7-10,13-17,27-28H,11-12H2,1-6H3/b21-16+,27-15?. The van der Waals surface area contributed by atoms with E-state index in [0.717, 1.165) is 22.9 Å². The van der Waals surface area contributed by atoms with Crippen molar-refractivity contribution >= 4 is 41.8 Å². The van der Waals surface area contributed by atoms with Gasteiger partial charge in [0.2, 0.25) is 0 Å². The maximum Gasteiger partial charge on any atom is 0.195 e. The van der Waals surface area contributed by atoms with Crippen LogP contribution < -0.4 is 10.7 Å². The fourth-order valence-electron chi connectivity index (χ4n) is 3.37. The molecule has 6 heteroatoms. The molecule has 2 N–H and O–H groups in total. The molecule has 0 unspecified atom stereocenters. The lowest BCUT2D eigenvalue weighted by Crippen LogP contribution is -2.41. The molecule has 5 nitrogen and oxygen atoms in total. The largest absolute Gasteiger partial charge is 0.416 e. The second-order valence-electron chi connectivity index (χ2n) is 9.63. The van der Waals surface area contributed by atoms with Gasteiger partial charge in [-0.1, -0.05) is 39.0 Å². The Morgan fingerprint density at radius 3 is 2.53 bits per heavy atom. The third-order valence-corrected chi connectivity index (χ3v) is 10.9. The maximum absolute atomic E-state index is 13.5. The maximum atomic E-state index is 13.5. The van der Waals surface area contributed by atoms with Crippen LogP contribution in [0.3, 0.4) is 0 Å². The molecule has 0 spiro atoms. The molecule has 168 valence electrons. The molecule has 0 amide bonds. The molecule has 3 rings (SSSR count). The average Bonchev–Trinajstić information content (AvgIpc) is 2.87. The van der Waals surface area contributed by atoms with E-state index in [0.29, 0.717) is 28.5 Å². The van der Waals surface area contributed by atoms with Crippen LogP contribution in [0.5, 0.6) is 0 Å². The summed E-state index contributed by atoms with van der Waals surface area (Å²) in [5.74, 6) is 0. The van der Waals surface area contributed by atoms with Gasteiger partial charge in [0.05, 0.1) is 5.52 Å². The molecule has 0 saturated heterocycles. The number of hydrogen-bond donors (Lipinski definition) is 2. The normalized spacial score (nSPS) is 12.9. The number of rotatable bonds is 7. The van der Waals surface area contributed by atoms with Crippen molar-refractivity contribution in [2.24, 2.45) is 0 Å². The Bertz CT molecular complexity index is 1240. The Labute approximate surface area is 191 Å². The average molecular weight is 448 g/mol. The van der Waals surface area contributed by atoms with E-state index in [2.05, 4.69) is 50.2 Å². The third kappa shape index (κ3) is 4.97. The Kier molecular flexibility index (Phi) is 6.96. The fraction of sp³-hybridized carbons (Fsp3) is 0.346. The number of allylic oxidation sites excluding steroid dienone is 1. The van der Waals surface area contributed by atoms with Gasteiger partial charge in [-0.25, -0.2) is 0 Å². The monoisotopic (exact) mass is 447 g/mol. The van der Waals surface area contributed by atoms with E-state index >= 15 is 0 Å². The summed E-state index contributed by atoms with van der Waals surface area (Å²) in [6.45, 7) is 11.9. The van der Waals surface area contributed by atoms with Crippen molar-refractivity contribution in [1.29, 1.82) is 5.41 Å². The quantitative estimate of drug-likeness (QED) is 0.369. The minimum atomic E-state index is -1.80. The number of pyridine rings is 1. The molecule has 0 aliphatic heterocycles. The first-order chi connectivity index (χ1) is 15.1. The molecular formula is C26H33N3O2Si. The molecule has 1 aromatic heterocycles. The highest BCUT2D eigenvalue weighted by Crippen LogP contribution is 2.36. The van der Waals surface area contributed by atoms with Crippen LogP contribution in [0.2, 0.25) is 18.1 Å². The fourth-order valence-corrected chi connectivity index (χ4v) is 4.41. The molecule has 0 fully saturated rings. The Balaban J connectivity index is 2.01. The number of benzene rings is 1. The number of aromatic nitrogens is 1. The van der Waals surface area contributed by atoms with Crippen LogP contribution in [0.4, 0.5) is 0 Å². The first kappa shape index (κ1) is 23.8. The van der Waals surface area contributed by atoms with E-state index in [4.69, 9.17) is 9.84 Å². The number of fused-ring (bicyclic) bond motifs is 2. The molecule has 1 heterocycles. The van der Waals surface area contributed by atoms with Crippen molar-refractivity contribution in [3.05, 3.63) is 70.1 Å². The summed E-state index contributed by atoms with van der Waals surface area (Å²) in [5, 5.41) is 12.9. The predicted octanol–water partition coefficient (Wildman–Crippen LogP) is 5.52. The second kappa shape index (κ2) is 9.34. The van der Waals surface area contributed by atoms with Gasteiger partial charge in [-0.2, -0.15) is 0 Å². The predicted molar refractivity (Wildman–Crippen MR) is 138 cm³/mol. The number of hydrogen-bond acceptors (Lipinski definition) is 5. The Morgan fingerprint density at radius 2 is 1.88 bits per heavy atom. The van der Waals surface area contributed by atoms with E-state index in [1.54, 1.807) is 19.4 Å². The zero-order chi connectivity index (χ0) is 23.5. The highest BCUT2D eigenvalue weighted by molar-refractivity contribution is 6.74. The SMILES string of the molecule is CN/C=C(\C=N)c1cnc2ccc3ccc(CCO[Si](C)(C)C(C)(C)C)cc3c(=O)c2c1. The van der Waals surface area contributed by atoms with E-state index in [9.17, 15) is 4.79 Å². The van der Waals surface area contributed by atoms with Crippen molar-refractivity contribution in [3.63, 3.8) is 0 Å². The number of nitrogens with one attached hydrogen (secondary N) is 2. The van der Waals surface area contributed by atoms with Crippen molar-refractivity contribution < 1.29 is 4.43 Å². The summed E-state index contributed by atoms with van der Waals surface area (Å²) in [5.41, 5.74) is 3.09. The van der Waals surface area contributed by atoms with Crippen LogP contribution in [0.15, 0.2) is 53.6 Å². The van der Waals surface area contributed by atoms with Gasteiger partial charge in [0.1, 0.15) is 0 Å². The van der Waals surface area contributed by atoms with Crippen LogP contribution in [0.25, 0.3) is 27.2 Å². The van der Waals surface area contributed by atoms with Crippen molar-refractivity contribution in [2.75, 3.05) is 13.7 Å². The Hall–Kier alpha value is -2.83. The van der Waals surface area contributed by atoms with Gasteiger partial charge in [-0.15, -0.1) is 0 Å². The summed E-state index contributed by atoms with van der Waals surface area (Å²) in [7, 11) is -0.0204. The van der Waals surface area contributed by atoms with Crippen LogP contribution in [-0.4, -0.2) is 33.2 Å². The highest BCUT2D eigenvalue weighted by Gasteiger charge is 2.36. The lowest BCUT2D eigenvalue weighted by Gasteiger charge is -2.36. The van der Waals surface area contributed by atoms with E-state index in [1.807, 2.05) is 30.3 Å². The molecule has 32 heavy (non-hydrogen) atoms. The summed E-state index contributed by atoms with van der Waals surface area (Å²) in [6.07, 6.45) is 5.45. The smallest absolute Gasteiger partial charge is 0.195 e.